The van der Waals surface area contributed by atoms with E-state index >= 15 is 0 Å². The van der Waals surface area contributed by atoms with Crippen molar-refractivity contribution in [3.05, 3.63) is 22.4 Å². The van der Waals surface area contributed by atoms with Crippen molar-refractivity contribution in [2.45, 2.75) is 6.10 Å². The van der Waals surface area contributed by atoms with Crippen LogP contribution in [0.25, 0.3) is 0 Å². The summed E-state index contributed by atoms with van der Waals surface area (Å²) in [6.45, 7) is 0. The Morgan fingerprint density at radius 2 is 2.40 bits per heavy atom. The van der Waals surface area contributed by atoms with Crippen molar-refractivity contribution < 1.29 is 15.0 Å². The first-order valence-corrected chi connectivity index (χ1v) is 3.54. The number of hydrogen-bond acceptors (Lipinski definition) is 3. The van der Waals surface area contributed by atoms with Crippen LogP contribution in [0.1, 0.15) is 11.0 Å². The standard InChI is InChI=1S/C6H6O3S/c7-5(6(8)9)4-2-1-3-10-4/h1-3,5,7H,(H,8,9)/t5-/m0/s1. The van der Waals surface area contributed by atoms with Gasteiger partial charge in [0, 0.05) is 4.88 Å². The van der Waals surface area contributed by atoms with Crippen LogP contribution in [0.4, 0.5) is 0 Å². The molecule has 0 bridgehead atoms. The lowest BCUT2D eigenvalue weighted by atomic mass is 10.3. The topological polar surface area (TPSA) is 57.5 Å². The van der Waals surface area contributed by atoms with E-state index in [9.17, 15) is 4.79 Å². The molecule has 1 heterocycles. The van der Waals surface area contributed by atoms with Gasteiger partial charge in [-0.25, -0.2) is 4.79 Å². The number of rotatable bonds is 2. The first-order chi connectivity index (χ1) is 4.72. The van der Waals surface area contributed by atoms with E-state index in [2.05, 4.69) is 0 Å². The summed E-state index contributed by atoms with van der Waals surface area (Å²) in [5, 5.41) is 18.9. The van der Waals surface area contributed by atoms with E-state index in [1.54, 1.807) is 17.5 Å². The predicted molar refractivity (Wildman–Crippen MR) is 36.9 cm³/mol. The SMILES string of the molecule is O=C(O)[C@@H](O)c1cccs1. The molecule has 1 aromatic heterocycles. The molecule has 0 fully saturated rings. The molecule has 0 aliphatic carbocycles. The Hall–Kier alpha value is -0.870. The van der Waals surface area contributed by atoms with Crippen LogP contribution < -0.4 is 0 Å². The maximum Gasteiger partial charge on any atom is 0.338 e. The number of carboxylic acids is 1. The Morgan fingerprint density at radius 3 is 2.80 bits per heavy atom. The summed E-state index contributed by atoms with van der Waals surface area (Å²) in [6.07, 6.45) is -1.36. The van der Waals surface area contributed by atoms with Crippen LogP contribution in [-0.2, 0) is 4.79 Å². The number of hydrogen-bond donors (Lipinski definition) is 2. The number of carboxylic acid groups (broad SMARTS) is 1. The Morgan fingerprint density at radius 1 is 1.70 bits per heavy atom. The zero-order chi connectivity index (χ0) is 7.56. The van der Waals surface area contributed by atoms with E-state index in [0.29, 0.717) is 4.88 Å². The quantitative estimate of drug-likeness (QED) is 0.671. The highest BCUT2D eigenvalue weighted by molar-refractivity contribution is 7.10. The van der Waals surface area contributed by atoms with Crippen molar-refractivity contribution >= 4 is 17.3 Å². The Balaban J connectivity index is 2.77. The summed E-state index contributed by atoms with van der Waals surface area (Å²) < 4.78 is 0. The highest BCUT2D eigenvalue weighted by Gasteiger charge is 2.15. The van der Waals surface area contributed by atoms with Gasteiger partial charge in [0.25, 0.3) is 0 Å². The van der Waals surface area contributed by atoms with Gasteiger partial charge in [-0.05, 0) is 11.4 Å². The summed E-state index contributed by atoms with van der Waals surface area (Å²) in [4.78, 5) is 10.6. The molecule has 0 radical (unpaired) electrons. The molecule has 4 heteroatoms. The van der Waals surface area contributed by atoms with Crippen LogP contribution in [0.5, 0.6) is 0 Å². The van der Waals surface area contributed by atoms with E-state index in [-0.39, 0.29) is 0 Å². The molecule has 1 aromatic rings. The van der Waals surface area contributed by atoms with Crippen LogP contribution in [-0.4, -0.2) is 16.2 Å². The van der Waals surface area contributed by atoms with Crippen LogP contribution in [0.15, 0.2) is 17.5 Å². The second-order valence-electron chi connectivity index (χ2n) is 1.76. The van der Waals surface area contributed by atoms with Gasteiger partial charge in [0.1, 0.15) is 0 Å². The van der Waals surface area contributed by atoms with Crippen LogP contribution in [0.2, 0.25) is 0 Å². The fourth-order valence-electron chi connectivity index (χ4n) is 0.569. The Labute approximate surface area is 61.6 Å². The number of carbonyl (C=O) groups is 1. The smallest absolute Gasteiger partial charge is 0.338 e. The summed E-state index contributed by atoms with van der Waals surface area (Å²) in [7, 11) is 0. The normalized spacial score (nSPS) is 12.9. The molecule has 0 aromatic carbocycles. The molecule has 2 N–H and O–H groups in total. The number of aliphatic hydroxyl groups excluding tert-OH is 1. The van der Waals surface area contributed by atoms with Crippen molar-refractivity contribution in [2.75, 3.05) is 0 Å². The molecule has 3 nitrogen and oxygen atoms in total. The molecule has 0 aliphatic rings. The van der Waals surface area contributed by atoms with E-state index in [4.69, 9.17) is 10.2 Å². The average molecular weight is 158 g/mol. The number of thiophene rings is 1. The number of aliphatic hydroxyl groups is 1. The molecular formula is C6H6O3S. The maximum atomic E-state index is 10.2. The first kappa shape index (κ1) is 7.24. The lowest BCUT2D eigenvalue weighted by Gasteiger charge is -1.98. The van der Waals surface area contributed by atoms with Crippen molar-refractivity contribution in [1.29, 1.82) is 0 Å². The minimum Gasteiger partial charge on any atom is -0.479 e. The van der Waals surface area contributed by atoms with Crippen LogP contribution >= 0.6 is 11.3 Å². The van der Waals surface area contributed by atoms with Gasteiger partial charge in [-0.15, -0.1) is 11.3 Å². The van der Waals surface area contributed by atoms with Crippen molar-refractivity contribution in [2.24, 2.45) is 0 Å². The third-order valence-electron chi connectivity index (χ3n) is 1.05. The second kappa shape index (κ2) is 2.81. The minimum atomic E-state index is -1.36. The zero-order valence-corrected chi connectivity index (χ0v) is 5.84. The van der Waals surface area contributed by atoms with Gasteiger partial charge < -0.3 is 10.2 Å². The van der Waals surface area contributed by atoms with Gasteiger partial charge >= 0.3 is 5.97 Å². The molecule has 1 atom stereocenters. The summed E-state index contributed by atoms with van der Waals surface area (Å²) >= 11 is 1.23. The van der Waals surface area contributed by atoms with Crippen molar-refractivity contribution in [1.82, 2.24) is 0 Å². The largest absolute Gasteiger partial charge is 0.479 e. The van der Waals surface area contributed by atoms with Crippen LogP contribution in [0.3, 0.4) is 0 Å². The van der Waals surface area contributed by atoms with Crippen molar-refractivity contribution in [3.63, 3.8) is 0 Å². The fourth-order valence-corrected chi connectivity index (χ4v) is 1.27. The molecule has 0 spiro atoms. The van der Waals surface area contributed by atoms with Gasteiger partial charge in [0.15, 0.2) is 6.10 Å². The third-order valence-corrected chi connectivity index (χ3v) is 1.97. The highest BCUT2D eigenvalue weighted by atomic mass is 32.1. The summed E-state index contributed by atoms with van der Waals surface area (Å²) in [6, 6.07) is 3.29. The van der Waals surface area contributed by atoms with Crippen molar-refractivity contribution in [3.8, 4) is 0 Å². The minimum absolute atomic E-state index is 0.465. The Bertz CT molecular complexity index is 217. The van der Waals surface area contributed by atoms with E-state index in [0.717, 1.165) is 0 Å². The summed E-state index contributed by atoms with van der Waals surface area (Å²) in [5.41, 5.74) is 0. The molecule has 1 rings (SSSR count). The highest BCUT2D eigenvalue weighted by Crippen LogP contribution is 2.18. The van der Waals surface area contributed by atoms with E-state index in [1.165, 1.54) is 11.3 Å². The van der Waals surface area contributed by atoms with Gasteiger partial charge in [0.2, 0.25) is 0 Å². The molecule has 0 saturated carbocycles. The molecule has 0 unspecified atom stereocenters. The Kier molecular flexibility index (Phi) is 2.03. The fraction of sp³-hybridized carbons (Fsp3) is 0.167. The predicted octanol–water partition coefficient (Wildman–Crippen LogP) is 0.866. The van der Waals surface area contributed by atoms with Gasteiger partial charge in [-0.1, -0.05) is 6.07 Å². The summed E-state index contributed by atoms with van der Waals surface area (Å²) in [5.74, 6) is -1.21. The molecular weight excluding hydrogens is 152 g/mol. The van der Waals surface area contributed by atoms with Gasteiger partial charge in [0.05, 0.1) is 0 Å². The average Bonchev–Trinajstić information content (AvgIpc) is 2.36. The molecule has 0 aliphatic heterocycles. The molecule has 0 amide bonds. The van der Waals surface area contributed by atoms with Gasteiger partial charge in [-0.3, -0.25) is 0 Å². The molecule has 0 saturated heterocycles. The monoisotopic (exact) mass is 158 g/mol. The second-order valence-corrected chi connectivity index (χ2v) is 2.74. The lowest BCUT2D eigenvalue weighted by molar-refractivity contribution is -0.146. The maximum absolute atomic E-state index is 10.2. The van der Waals surface area contributed by atoms with E-state index < -0.39 is 12.1 Å². The van der Waals surface area contributed by atoms with Gasteiger partial charge in [-0.2, -0.15) is 0 Å². The zero-order valence-electron chi connectivity index (χ0n) is 5.02. The lowest BCUT2D eigenvalue weighted by Crippen LogP contribution is -2.08. The number of aliphatic carboxylic acids is 1. The molecule has 10 heavy (non-hydrogen) atoms. The first-order valence-electron chi connectivity index (χ1n) is 2.66. The van der Waals surface area contributed by atoms with Crippen LogP contribution in [0, 0.1) is 0 Å². The molecule has 54 valence electrons. The van der Waals surface area contributed by atoms with E-state index in [1.807, 2.05) is 0 Å². The third kappa shape index (κ3) is 1.34.